The van der Waals surface area contributed by atoms with Crippen LogP contribution >= 0.6 is 11.8 Å². The number of carbonyl (C=O) groups excluding carboxylic acids is 2. The van der Waals surface area contributed by atoms with Crippen molar-refractivity contribution in [2.24, 2.45) is 0 Å². The number of fused-ring (bicyclic) bond motifs is 1. The lowest BCUT2D eigenvalue weighted by molar-refractivity contribution is -0.136. The van der Waals surface area contributed by atoms with Crippen molar-refractivity contribution < 1.29 is 19.1 Å². The average molecular weight is 467 g/mol. The summed E-state index contributed by atoms with van der Waals surface area (Å²) in [5, 5.41) is 5.01. The normalized spacial score (nSPS) is 11.6. The predicted molar refractivity (Wildman–Crippen MR) is 134 cm³/mol. The standard InChI is InChI=1S/C26H30N2O4S/c1-28(17-19-9-10-21-16-23(31-2)12-11-20(21)15-19)26(30)24(13-14-33-3)27-25(29)18-32-22-7-5-4-6-8-22/h4-12,15-16,24H,13-14,17-18H2,1-3H3,(H,27,29). The van der Waals surface area contributed by atoms with Crippen LogP contribution in [-0.2, 0) is 16.1 Å². The average Bonchev–Trinajstić information content (AvgIpc) is 2.85. The Morgan fingerprint density at radius 3 is 2.45 bits per heavy atom. The fourth-order valence-corrected chi connectivity index (χ4v) is 3.98. The second-order valence-electron chi connectivity index (χ2n) is 7.75. The number of ether oxygens (including phenoxy) is 2. The Hall–Kier alpha value is -3.19. The molecule has 3 rings (SSSR count). The van der Waals surface area contributed by atoms with Crippen LogP contribution in [0, 0.1) is 0 Å². The summed E-state index contributed by atoms with van der Waals surface area (Å²) in [6.45, 7) is 0.317. The van der Waals surface area contributed by atoms with Gasteiger partial charge < -0.3 is 19.7 Å². The zero-order chi connectivity index (χ0) is 23.6. The van der Waals surface area contributed by atoms with E-state index in [0.717, 1.165) is 27.8 Å². The Balaban J connectivity index is 1.62. The maximum Gasteiger partial charge on any atom is 0.258 e. The van der Waals surface area contributed by atoms with Gasteiger partial charge in [0.1, 0.15) is 17.5 Å². The zero-order valence-corrected chi connectivity index (χ0v) is 20.1. The van der Waals surface area contributed by atoms with Crippen molar-refractivity contribution >= 4 is 34.3 Å². The number of para-hydroxylation sites is 1. The van der Waals surface area contributed by atoms with Crippen LogP contribution in [0.25, 0.3) is 10.8 Å². The SMILES string of the molecule is COc1ccc2cc(CN(C)C(=O)C(CCSC)NC(=O)COc3ccccc3)ccc2c1. The van der Waals surface area contributed by atoms with Crippen LogP contribution in [0.3, 0.4) is 0 Å². The summed E-state index contributed by atoms with van der Waals surface area (Å²) in [6.07, 6.45) is 2.54. The van der Waals surface area contributed by atoms with Crippen molar-refractivity contribution in [2.45, 2.75) is 19.0 Å². The molecule has 0 aromatic heterocycles. The van der Waals surface area contributed by atoms with Gasteiger partial charge in [-0.15, -0.1) is 0 Å². The van der Waals surface area contributed by atoms with Gasteiger partial charge in [0.15, 0.2) is 6.61 Å². The summed E-state index contributed by atoms with van der Waals surface area (Å²) in [5.41, 5.74) is 1.02. The number of nitrogens with one attached hydrogen (secondary N) is 1. The molecule has 174 valence electrons. The lowest BCUT2D eigenvalue weighted by Crippen LogP contribution is -2.48. The van der Waals surface area contributed by atoms with Crippen LogP contribution in [0.1, 0.15) is 12.0 Å². The van der Waals surface area contributed by atoms with E-state index in [9.17, 15) is 9.59 Å². The molecule has 0 aliphatic heterocycles. The molecule has 0 heterocycles. The van der Waals surface area contributed by atoms with Crippen molar-refractivity contribution in [1.82, 2.24) is 10.2 Å². The number of benzene rings is 3. The van der Waals surface area contributed by atoms with Crippen LogP contribution in [0.2, 0.25) is 0 Å². The Morgan fingerprint density at radius 2 is 1.73 bits per heavy atom. The van der Waals surface area contributed by atoms with Crippen molar-refractivity contribution in [2.75, 3.05) is 32.8 Å². The van der Waals surface area contributed by atoms with E-state index in [4.69, 9.17) is 9.47 Å². The Bertz CT molecular complexity index is 1070. The molecule has 0 spiro atoms. The number of hydrogen-bond donors (Lipinski definition) is 1. The van der Waals surface area contributed by atoms with E-state index in [1.165, 1.54) is 0 Å². The summed E-state index contributed by atoms with van der Waals surface area (Å²) < 4.78 is 10.8. The molecule has 2 amide bonds. The van der Waals surface area contributed by atoms with Gasteiger partial charge in [-0.3, -0.25) is 9.59 Å². The Labute approximate surface area is 199 Å². The van der Waals surface area contributed by atoms with Gasteiger partial charge in [0.25, 0.3) is 5.91 Å². The first-order valence-corrected chi connectivity index (χ1v) is 12.2. The van der Waals surface area contributed by atoms with Crippen molar-refractivity contribution in [1.29, 1.82) is 0 Å². The maximum atomic E-state index is 13.2. The highest BCUT2D eigenvalue weighted by Gasteiger charge is 2.24. The largest absolute Gasteiger partial charge is 0.497 e. The predicted octanol–water partition coefficient (Wildman–Crippen LogP) is 4.12. The number of carbonyl (C=O) groups is 2. The maximum absolute atomic E-state index is 13.2. The fraction of sp³-hybridized carbons (Fsp3) is 0.308. The van der Waals surface area contributed by atoms with Gasteiger partial charge in [0, 0.05) is 13.6 Å². The van der Waals surface area contributed by atoms with E-state index in [0.29, 0.717) is 18.7 Å². The lowest BCUT2D eigenvalue weighted by atomic mass is 10.1. The van der Waals surface area contributed by atoms with Crippen molar-refractivity contribution in [3.05, 3.63) is 72.3 Å². The minimum atomic E-state index is -0.598. The second kappa shape index (κ2) is 12.2. The fourth-order valence-electron chi connectivity index (χ4n) is 3.51. The number of amides is 2. The summed E-state index contributed by atoms with van der Waals surface area (Å²) in [7, 11) is 3.41. The molecule has 3 aromatic carbocycles. The number of hydrogen-bond acceptors (Lipinski definition) is 5. The molecular weight excluding hydrogens is 436 g/mol. The van der Waals surface area contributed by atoms with Gasteiger partial charge >= 0.3 is 0 Å². The monoisotopic (exact) mass is 466 g/mol. The van der Waals surface area contributed by atoms with E-state index in [1.807, 2.05) is 54.8 Å². The van der Waals surface area contributed by atoms with E-state index in [1.54, 1.807) is 43.0 Å². The molecule has 0 aliphatic carbocycles. The third kappa shape index (κ3) is 7.15. The van der Waals surface area contributed by atoms with Gasteiger partial charge in [-0.25, -0.2) is 0 Å². The first-order chi connectivity index (χ1) is 16.0. The molecule has 0 radical (unpaired) electrons. The van der Waals surface area contributed by atoms with E-state index >= 15 is 0 Å². The third-order valence-electron chi connectivity index (χ3n) is 5.26. The molecule has 6 nitrogen and oxygen atoms in total. The van der Waals surface area contributed by atoms with E-state index in [2.05, 4.69) is 11.4 Å². The van der Waals surface area contributed by atoms with Gasteiger partial charge in [-0.2, -0.15) is 11.8 Å². The van der Waals surface area contributed by atoms with E-state index in [-0.39, 0.29) is 18.4 Å². The molecule has 7 heteroatoms. The highest BCUT2D eigenvalue weighted by molar-refractivity contribution is 7.98. The Kier molecular flexibility index (Phi) is 9.01. The number of methoxy groups -OCH3 is 1. The van der Waals surface area contributed by atoms with Crippen LogP contribution in [0.15, 0.2) is 66.7 Å². The quantitative estimate of drug-likeness (QED) is 0.460. The highest BCUT2D eigenvalue weighted by Crippen LogP contribution is 2.22. The molecule has 0 bridgehead atoms. The van der Waals surface area contributed by atoms with Gasteiger partial charge in [-0.05, 0) is 65.1 Å². The van der Waals surface area contributed by atoms with Gasteiger partial charge in [-0.1, -0.05) is 36.4 Å². The van der Waals surface area contributed by atoms with Crippen molar-refractivity contribution in [3.63, 3.8) is 0 Å². The highest BCUT2D eigenvalue weighted by atomic mass is 32.2. The summed E-state index contributed by atoms with van der Waals surface area (Å²) in [5.74, 6) is 1.76. The molecule has 1 atom stereocenters. The lowest BCUT2D eigenvalue weighted by Gasteiger charge is -2.25. The number of nitrogens with zero attached hydrogens (tertiary/aromatic N) is 1. The summed E-state index contributed by atoms with van der Waals surface area (Å²) >= 11 is 1.64. The molecule has 0 saturated carbocycles. The smallest absolute Gasteiger partial charge is 0.258 e. The van der Waals surface area contributed by atoms with E-state index < -0.39 is 6.04 Å². The van der Waals surface area contributed by atoms with Crippen LogP contribution in [-0.4, -0.2) is 55.5 Å². The summed E-state index contributed by atoms with van der Waals surface area (Å²) in [6, 6.07) is 20.6. The number of thioether (sulfide) groups is 1. The number of likely N-dealkylation sites (N-methyl/N-ethyl adjacent to an activating group) is 1. The van der Waals surface area contributed by atoms with Crippen LogP contribution in [0.5, 0.6) is 11.5 Å². The van der Waals surface area contributed by atoms with Crippen molar-refractivity contribution in [3.8, 4) is 11.5 Å². The molecule has 1 unspecified atom stereocenters. The zero-order valence-electron chi connectivity index (χ0n) is 19.2. The van der Waals surface area contributed by atoms with Gasteiger partial charge in [0.05, 0.1) is 7.11 Å². The minimum Gasteiger partial charge on any atom is -0.497 e. The van der Waals surface area contributed by atoms with Crippen LogP contribution < -0.4 is 14.8 Å². The molecule has 0 fully saturated rings. The summed E-state index contributed by atoms with van der Waals surface area (Å²) in [4.78, 5) is 27.3. The first-order valence-electron chi connectivity index (χ1n) is 10.8. The molecule has 33 heavy (non-hydrogen) atoms. The second-order valence-corrected chi connectivity index (χ2v) is 8.73. The topological polar surface area (TPSA) is 67.9 Å². The minimum absolute atomic E-state index is 0.119. The third-order valence-corrected chi connectivity index (χ3v) is 5.91. The van der Waals surface area contributed by atoms with Crippen LogP contribution in [0.4, 0.5) is 0 Å². The molecular formula is C26H30N2O4S. The first kappa shape index (κ1) is 24.5. The molecule has 0 aliphatic rings. The van der Waals surface area contributed by atoms with Gasteiger partial charge in [0.2, 0.25) is 5.91 Å². The molecule has 1 N–H and O–H groups in total. The molecule has 0 saturated heterocycles. The Morgan fingerprint density at radius 1 is 1.00 bits per heavy atom. The molecule has 3 aromatic rings. The number of rotatable bonds is 11.